The van der Waals surface area contributed by atoms with Crippen molar-refractivity contribution in [1.29, 1.82) is 0 Å². The highest BCUT2D eigenvalue weighted by Crippen LogP contribution is 2.26. The van der Waals surface area contributed by atoms with E-state index >= 15 is 0 Å². The molecule has 2 unspecified atom stereocenters. The molecule has 1 aliphatic heterocycles. The molecule has 0 bridgehead atoms. The lowest BCUT2D eigenvalue weighted by molar-refractivity contribution is 0.140. The van der Waals surface area contributed by atoms with Gasteiger partial charge in [0.05, 0.1) is 0 Å². The minimum atomic E-state index is 0.127. The second-order valence-electron chi connectivity index (χ2n) is 6.54. The molecule has 2 N–H and O–H groups in total. The van der Waals surface area contributed by atoms with Gasteiger partial charge in [-0.2, -0.15) is 0 Å². The molecule has 1 heterocycles. The summed E-state index contributed by atoms with van der Waals surface area (Å²) in [6.45, 7) is 5.69. The summed E-state index contributed by atoms with van der Waals surface area (Å²) in [4.78, 5) is 4.87. The minimum Gasteiger partial charge on any atom is -0.326 e. The van der Waals surface area contributed by atoms with E-state index in [1.807, 2.05) is 0 Å². The van der Waals surface area contributed by atoms with Crippen molar-refractivity contribution in [3.8, 4) is 0 Å². The summed E-state index contributed by atoms with van der Waals surface area (Å²) in [5, 5.41) is 0. The van der Waals surface area contributed by atoms with Crippen LogP contribution < -0.4 is 5.73 Å². The highest BCUT2D eigenvalue weighted by Gasteiger charge is 2.25. The second-order valence-corrected chi connectivity index (χ2v) is 7.46. The van der Waals surface area contributed by atoms with E-state index in [9.17, 15) is 0 Å². The fraction of sp³-hybridized carbons (Fsp3) is 0.647. The number of likely N-dealkylation sites (tertiary alicyclic amines) is 1. The summed E-state index contributed by atoms with van der Waals surface area (Å²) < 4.78 is 1.12. The Bertz CT molecular complexity index is 424. The lowest BCUT2D eigenvalue weighted by Gasteiger charge is -2.36. The molecule has 4 heteroatoms. The van der Waals surface area contributed by atoms with Crippen molar-refractivity contribution in [1.82, 2.24) is 9.80 Å². The number of nitrogens with zero attached hydrogens (tertiary/aromatic N) is 2. The Hall–Kier alpha value is -0.420. The van der Waals surface area contributed by atoms with E-state index in [1.165, 1.54) is 31.5 Å². The maximum absolute atomic E-state index is 6.27. The average Bonchev–Trinajstić information content (AvgIpc) is 2.43. The van der Waals surface area contributed by atoms with Gasteiger partial charge in [-0.05, 0) is 70.6 Å². The monoisotopic (exact) mass is 353 g/mol. The molecule has 3 nitrogen and oxygen atoms in total. The summed E-state index contributed by atoms with van der Waals surface area (Å²) in [5.74, 6) is 0.794. The SMILES string of the molecule is CC(N)C(c1ccc(Br)cc1)N(C)CC1CCN(C)CC1. The van der Waals surface area contributed by atoms with Crippen molar-refractivity contribution in [2.75, 3.05) is 33.7 Å². The largest absolute Gasteiger partial charge is 0.326 e. The van der Waals surface area contributed by atoms with Crippen LogP contribution in [0, 0.1) is 5.92 Å². The van der Waals surface area contributed by atoms with Gasteiger partial charge in [0, 0.05) is 23.1 Å². The fourth-order valence-corrected chi connectivity index (χ4v) is 3.65. The van der Waals surface area contributed by atoms with E-state index in [0.29, 0.717) is 0 Å². The van der Waals surface area contributed by atoms with Crippen LogP contribution in [-0.2, 0) is 0 Å². The maximum Gasteiger partial charge on any atom is 0.0493 e. The van der Waals surface area contributed by atoms with Crippen LogP contribution in [0.3, 0.4) is 0 Å². The van der Waals surface area contributed by atoms with Crippen molar-refractivity contribution in [2.24, 2.45) is 11.7 Å². The highest BCUT2D eigenvalue weighted by molar-refractivity contribution is 9.10. The first kappa shape index (κ1) is 16.9. The van der Waals surface area contributed by atoms with E-state index < -0.39 is 0 Å². The lowest BCUT2D eigenvalue weighted by atomic mass is 9.94. The van der Waals surface area contributed by atoms with Crippen molar-refractivity contribution < 1.29 is 0 Å². The standard InChI is InChI=1S/C17H28BrN3/c1-13(19)17(15-4-6-16(18)7-5-15)21(3)12-14-8-10-20(2)11-9-14/h4-7,13-14,17H,8-12,19H2,1-3H3. The molecule has 1 fully saturated rings. The molecule has 0 saturated carbocycles. The van der Waals surface area contributed by atoms with Crippen molar-refractivity contribution in [3.63, 3.8) is 0 Å². The molecule has 0 aliphatic carbocycles. The van der Waals surface area contributed by atoms with Crippen molar-refractivity contribution in [3.05, 3.63) is 34.3 Å². The Kier molecular flexibility index (Phi) is 6.23. The number of nitrogens with two attached hydrogens (primary N) is 1. The first-order valence-electron chi connectivity index (χ1n) is 7.87. The minimum absolute atomic E-state index is 0.127. The van der Waals surface area contributed by atoms with Gasteiger partial charge in [0.1, 0.15) is 0 Å². The molecule has 2 rings (SSSR count). The molecule has 21 heavy (non-hydrogen) atoms. The molecule has 1 aromatic carbocycles. The zero-order valence-corrected chi connectivity index (χ0v) is 15.0. The molecule has 1 aliphatic rings. The van der Waals surface area contributed by atoms with E-state index in [0.717, 1.165) is 16.9 Å². The molecule has 0 spiro atoms. The Morgan fingerprint density at radius 1 is 1.29 bits per heavy atom. The summed E-state index contributed by atoms with van der Waals surface area (Å²) >= 11 is 3.50. The predicted octanol–water partition coefficient (Wildman–Crippen LogP) is 3.11. The molecule has 0 radical (unpaired) electrons. The van der Waals surface area contributed by atoms with Gasteiger partial charge in [-0.15, -0.1) is 0 Å². The van der Waals surface area contributed by atoms with Crippen molar-refractivity contribution in [2.45, 2.75) is 31.8 Å². The first-order valence-corrected chi connectivity index (χ1v) is 8.66. The number of benzene rings is 1. The number of hydrogen-bond acceptors (Lipinski definition) is 3. The van der Waals surface area contributed by atoms with Gasteiger partial charge in [0.25, 0.3) is 0 Å². The summed E-state index contributed by atoms with van der Waals surface area (Å²) in [6, 6.07) is 8.99. The highest BCUT2D eigenvalue weighted by atomic mass is 79.9. The van der Waals surface area contributed by atoms with Gasteiger partial charge in [-0.25, -0.2) is 0 Å². The maximum atomic E-state index is 6.27. The Morgan fingerprint density at radius 3 is 2.38 bits per heavy atom. The van der Waals surface area contributed by atoms with E-state index in [-0.39, 0.29) is 12.1 Å². The predicted molar refractivity (Wildman–Crippen MR) is 93.4 cm³/mol. The third-order valence-electron chi connectivity index (χ3n) is 4.57. The quantitative estimate of drug-likeness (QED) is 0.882. The third kappa shape index (κ3) is 4.78. The number of hydrogen-bond donors (Lipinski definition) is 1. The van der Waals surface area contributed by atoms with Crippen LogP contribution in [0.15, 0.2) is 28.7 Å². The fourth-order valence-electron chi connectivity index (χ4n) is 3.38. The molecule has 0 amide bonds. The van der Waals surface area contributed by atoms with Gasteiger partial charge in [-0.3, -0.25) is 4.90 Å². The summed E-state index contributed by atoms with van der Waals surface area (Å²) in [6.07, 6.45) is 2.60. The molecule has 118 valence electrons. The Balaban J connectivity index is 2.02. The van der Waals surface area contributed by atoms with Gasteiger partial charge in [-0.1, -0.05) is 28.1 Å². The second kappa shape index (κ2) is 7.73. The van der Waals surface area contributed by atoms with E-state index in [1.54, 1.807) is 0 Å². The van der Waals surface area contributed by atoms with E-state index in [2.05, 4.69) is 71.0 Å². The van der Waals surface area contributed by atoms with Crippen LogP contribution in [0.4, 0.5) is 0 Å². The van der Waals surface area contributed by atoms with Crippen LogP contribution in [0.25, 0.3) is 0 Å². The molecular formula is C17H28BrN3. The van der Waals surface area contributed by atoms with Crippen LogP contribution in [0.1, 0.15) is 31.4 Å². The average molecular weight is 354 g/mol. The molecule has 1 saturated heterocycles. The molecule has 2 atom stereocenters. The summed E-state index contributed by atoms with van der Waals surface area (Å²) in [5.41, 5.74) is 7.58. The van der Waals surface area contributed by atoms with Crippen molar-refractivity contribution >= 4 is 15.9 Å². The van der Waals surface area contributed by atoms with Gasteiger partial charge < -0.3 is 10.6 Å². The zero-order valence-electron chi connectivity index (χ0n) is 13.4. The number of piperidine rings is 1. The van der Waals surface area contributed by atoms with Gasteiger partial charge in [0.15, 0.2) is 0 Å². The van der Waals surface area contributed by atoms with Crippen LogP contribution in [-0.4, -0.2) is 49.6 Å². The Labute approximate surface area is 137 Å². The van der Waals surface area contributed by atoms with Crippen LogP contribution >= 0.6 is 15.9 Å². The van der Waals surface area contributed by atoms with Crippen LogP contribution in [0.5, 0.6) is 0 Å². The normalized spacial score (nSPS) is 20.7. The molecular weight excluding hydrogens is 326 g/mol. The van der Waals surface area contributed by atoms with E-state index in [4.69, 9.17) is 5.73 Å². The first-order chi connectivity index (χ1) is 9.97. The molecule has 0 aromatic heterocycles. The topological polar surface area (TPSA) is 32.5 Å². The number of rotatable bonds is 5. The smallest absolute Gasteiger partial charge is 0.0493 e. The third-order valence-corrected chi connectivity index (χ3v) is 5.10. The zero-order chi connectivity index (χ0) is 15.4. The Morgan fingerprint density at radius 2 is 1.86 bits per heavy atom. The molecule has 1 aromatic rings. The number of likely N-dealkylation sites (N-methyl/N-ethyl adjacent to an activating group) is 1. The summed E-state index contributed by atoms with van der Waals surface area (Å²) in [7, 11) is 4.43. The van der Waals surface area contributed by atoms with Gasteiger partial charge >= 0.3 is 0 Å². The van der Waals surface area contributed by atoms with Crippen LogP contribution in [0.2, 0.25) is 0 Å². The number of halogens is 1. The lowest BCUT2D eigenvalue weighted by Crippen LogP contribution is -2.41. The van der Waals surface area contributed by atoms with Gasteiger partial charge in [0.2, 0.25) is 0 Å².